The van der Waals surface area contributed by atoms with E-state index in [4.69, 9.17) is 0 Å². The number of aromatic nitrogens is 1. The largest absolute Gasteiger partial charge is 0.242 e. The van der Waals surface area contributed by atoms with Crippen molar-refractivity contribution in [3.63, 3.8) is 0 Å². The number of hydrogen-bond donors (Lipinski definition) is 0. The molecule has 0 amide bonds. The van der Waals surface area contributed by atoms with E-state index in [0.29, 0.717) is 0 Å². The van der Waals surface area contributed by atoms with Crippen molar-refractivity contribution >= 4 is 21.6 Å². The predicted octanol–water partition coefficient (Wildman–Crippen LogP) is 4.07. The van der Waals surface area contributed by atoms with Gasteiger partial charge in [-0.15, -0.1) is 11.3 Å². The second-order valence-electron chi connectivity index (χ2n) is 3.69. The molecule has 0 bridgehead atoms. The van der Waals surface area contributed by atoms with Crippen LogP contribution in [0, 0.1) is 13.0 Å². The minimum Gasteiger partial charge on any atom is -0.242 e. The molecule has 0 fully saturated rings. The molecule has 0 unspecified atom stereocenters. The molecule has 1 aromatic heterocycles. The maximum Gasteiger partial charge on any atom is 0.0907 e. The second-order valence-corrected chi connectivity index (χ2v) is 4.93. The average molecular weight is 224 g/mol. The molecule has 0 N–H and O–H groups in total. The Hall–Kier alpha value is -1.67. The van der Waals surface area contributed by atoms with Crippen molar-refractivity contribution in [1.82, 2.24) is 4.98 Å². The molecule has 1 nitrogen and oxygen atoms in total. The first kappa shape index (κ1) is 9.55. The summed E-state index contributed by atoms with van der Waals surface area (Å²) in [5.41, 5.74) is 3.43. The van der Waals surface area contributed by atoms with E-state index in [1.807, 2.05) is 25.1 Å². The zero-order chi connectivity index (χ0) is 11.0. The van der Waals surface area contributed by atoms with Crippen LogP contribution >= 0.6 is 11.3 Å². The van der Waals surface area contributed by atoms with Crippen LogP contribution in [-0.2, 0) is 0 Å². The van der Waals surface area contributed by atoms with E-state index < -0.39 is 0 Å². The van der Waals surface area contributed by atoms with Crippen molar-refractivity contribution in [3.8, 4) is 11.1 Å². The smallest absolute Gasteiger partial charge is 0.0907 e. The number of aryl methyl sites for hydroxylation is 1. The number of thiazole rings is 1. The van der Waals surface area contributed by atoms with Gasteiger partial charge in [0.05, 0.1) is 15.2 Å². The van der Waals surface area contributed by atoms with Crippen LogP contribution in [0.15, 0.2) is 42.5 Å². The Morgan fingerprint density at radius 2 is 2.12 bits per heavy atom. The summed E-state index contributed by atoms with van der Waals surface area (Å²) in [6.07, 6.45) is 0. The highest BCUT2D eigenvalue weighted by molar-refractivity contribution is 7.18. The summed E-state index contributed by atoms with van der Waals surface area (Å²) in [7, 11) is 0. The van der Waals surface area contributed by atoms with Gasteiger partial charge >= 0.3 is 0 Å². The van der Waals surface area contributed by atoms with E-state index in [-0.39, 0.29) is 0 Å². The number of nitrogens with zero attached hydrogens (tertiary/aromatic N) is 1. The van der Waals surface area contributed by atoms with Crippen LogP contribution in [0.25, 0.3) is 21.3 Å². The monoisotopic (exact) mass is 224 g/mol. The summed E-state index contributed by atoms with van der Waals surface area (Å²) in [4.78, 5) is 4.46. The van der Waals surface area contributed by atoms with E-state index in [1.54, 1.807) is 11.3 Å². The van der Waals surface area contributed by atoms with Gasteiger partial charge in [0.2, 0.25) is 0 Å². The summed E-state index contributed by atoms with van der Waals surface area (Å²) in [5.74, 6) is 0. The highest BCUT2D eigenvalue weighted by Gasteiger charge is 2.02. The van der Waals surface area contributed by atoms with Crippen LogP contribution in [0.1, 0.15) is 5.01 Å². The van der Waals surface area contributed by atoms with Crippen LogP contribution in [0.2, 0.25) is 0 Å². The minimum absolute atomic E-state index is 1.09. The molecule has 0 atom stereocenters. The summed E-state index contributed by atoms with van der Waals surface area (Å²) >= 11 is 1.74. The highest BCUT2D eigenvalue weighted by Crippen LogP contribution is 2.27. The third kappa shape index (κ3) is 1.61. The van der Waals surface area contributed by atoms with Crippen LogP contribution in [-0.4, -0.2) is 4.98 Å². The van der Waals surface area contributed by atoms with E-state index in [2.05, 4.69) is 35.3 Å². The van der Waals surface area contributed by atoms with Gasteiger partial charge in [0.15, 0.2) is 0 Å². The topological polar surface area (TPSA) is 12.9 Å². The maximum atomic E-state index is 4.46. The summed E-state index contributed by atoms with van der Waals surface area (Å²) in [5, 5.41) is 1.11. The Labute approximate surface area is 98.4 Å². The minimum atomic E-state index is 1.09. The Balaban J connectivity index is 2.18. The predicted molar refractivity (Wildman–Crippen MR) is 68.6 cm³/mol. The van der Waals surface area contributed by atoms with Crippen LogP contribution in [0.4, 0.5) is 0 Å². The number of hydrogen-bond acceptors (Lipinski definition) is 2. The molecule has 0 saturated carbocycles. The van der Waals surface area contributed by atoms with Gasteiger partial charge in [-0.2, -0.15) is 0 Å². The zero-order valence-electron chi connectivity index (χ0n) is 8.90. The van der Waals surface area contributed by atoms with Crippen molar-refractivity contribution in [3.05, 3.63) is 53.5 Å². The lowest BCUT2D eigenvalue weighted by molar-refractivity contribution is 1.35. The fourth-order valence-electron chi connectivity index (χ4n) is 1.78. The molecule has 0 aliphatic heterocycles. The maximum absolute atomic E-state index is 4.46. The van der Waals surface area contributed by atoms with Gasteiger partial charge in [-0.3, -0.25) is 0 Å². The summed E-state index contributed by atoms with van der Waals surface area (Å²) < 4.78 is 1.24. The van der Waals surface area contributed by atoms with Crippen LogP contribution in [0.5, 0.6) is 0 Å². The third-order valence-corrected chi connectivity index (χ3v) is 3.45. The van der Waals surface area contributed by atoms with Gasteiger partial charge in [0, 0.05) is 0 Å². The van der Waals surface area contributed by atoms with Crippen molar-refractivity contribution < 1.29 is 0 Å². The number of rotatable bonds is 1. The Bertz CT molecular complexity index is 626. The number of benzene rings is 2. The van der Waals surface area contributed by atoms with Crippen molar-refractivity contribution in [1.29, 1.82) is 0 Å². The zero-order valence-corrected chi connectivity index (χ0v) is 9.71. The lowest BCUT2D eigenvalue weighted by Crippen LogP contribution is -1.76. The molecule has 0 spiro atoms. The molecular weight excluding hydrogens is 214 g/mol. The lowest BCUT2D eigenvalue weighted by Gasteiger charge is -1.99. The molecule has 0 aliphatic rings. The van der Waals surface area contributed by atoms with E-state index in [9.17, 15) is 0 Å². The Morgan fingerprint density at radius 1 is 1.19 bits per heavy atom. The van der Waals surface area contributed by atoms with Gasteiger partial charge in [-0.05, 0) is 36.2 Å². The van der Waals surface area contributed by atoms with E-state index >= 15 is 0 Å². The molecule has 0 aliphatic carbocycles. The summed E-state index contributed by atoms with van der Waals surface area (Å²) in [6, 6.07) is 17.7. The Morgan fingerprint density at radius 3 is 2.94 bits per heavy atom. The Kier molecular flexibility index (Phi) is 2.22. The fourth-order valence-corrected chi connectivity index (χ4v) is 2.65. The molecule has 1 heterocycles. The van der Waals surface area contributed by atoms with E-state index in [1.165, 1.54) is 10.3 Å². The lowest BCUT2D eigenvalue weighted by atomic mass is 10.1. The van der Waals surface area contributed by atoms with Crippen LogP contribution in [0.3, 0.4) is 0 Å². The third-order valence-electron chi connectivity index (χ3n) is 2.52. The van der Waals surface area contributed by atoms with Gasteiger partial charge in [0.25, 0.3) is 0 Å². The van der Waals surface area contributed by atoms with Gasteiger partial charge in [0.1, 0.15) is 0 Å². The molecule has 16 heavy (non-hydrogen) atoms. The van der Waals surface area contributed by atoms with Crippen molar-refractivity contribution in [2.75, 3.05) is 0 Å². The van der Waals surface area contributed by atoms with Crippen molar-refractivity contribution in [2.24, 2.45) is 0 Å². The molecule has 2 aromatic carbocycles. The molecule has 1 radical (unpaired) electrons. The molecule has 0 saturated heterocycles. The molecule has 77 valence electrons. The first-order valence-corrected chi connectivity index (χ1v) is 5.99. The normalized spacial score (nSPS) is 10.8. The van der Waals surface area contributed by atoms with E-state index in [0.717, 1.165) is 16.1 Å². The average Bonchev–Trinajstić information content (AvgIpc) is 2.69. The number of fused-ring (bicyclic) bond motifs is 1. The summed E-state index contributed by atoms with van der Waals surface area (Å²) in [6.45, 7) is 2.04. The standard InChI is InChI=1S/C14H10NS/c1-10-15-13-8-7-12(9-14(13)16-10)11-5-3-2-4-6-11/h2-5,7-9H,1H3. The SMILES string of the molecule is Cc1nc2ccc(-c3[c]cccc3)cc2s1. The highest BCUT2D eigenvalue weighted by atomic mass is 32.1. The van der Waals surface area contributed by atoms with Gasteiger partial charge in [-0.1, -0.05) is 30.3 Å². The second kappa shape index (κ2) is 3.72. The molecule has 3 aromatic rings. The van der Waals surface area contributed by atoms with Crippen LogP contribution < -0.4 is 0 Å². The quantitative estimate of drug-likeness (QED) is 0.607. The first-order chi connectivity index (χ1) is 7.83. The van der Waals surface area contributed by atoms with Crippen molar-refractivity contribution in [2.45, 2.75) is 6.92 Å². The molecule has 3 rings (SSSR count). The fraction of sp³-hybridized carbons (Fsp3) is 0.0714. The molecule has 2 heteroatoms. The molecular formula is C14H10NS. The first-order valence-electron chi connectivity index (χ1n) is 5.17. The van der Waals surface area contributed by atoms with Gasteiger partial charge < -0.3 is 0 Å². The van der Waals surface area contributed by atoms with Gasteiger partial charge in [-0.25, -0.2) is 4.98 Å².